The smallest absolute Gasteiger partial charge is 0.310 e. The van der Waals surface area contributed by atoms with E-state index in [1.807, 2.05) is 0 Å². The number of hydrogen-bond donors (Lipinski definition) is 2. The SMILES string of the molecule is Cc1c(NC(=O)COC(=O)C[C@@H]2Oc3ccccc3NC2=O)cccc1[N+](=O)[O-]. The average molecular weight is 399 g/mol. The van der Waals surface area contributed by atoms with E-state index in [4.69, 9.17) is 9.47 Å². The third-order valence-electron chi connectivity index (χ3n) is 4.20. The zero-order valence-electron chi connectivity index (χ0n) is 15.3. The van der Waals surface area contributed by atoms with Gasteiger partial charge in [0.15, 0.2) is 12.7 Å². The quantitative estimate of drug-likeness (QED) is 0.431. The predicted octanol–water partition coefficient (Wildman–Crippen LogP) is 2.17. The van der Waals surface area contributed by atoms with Crippen LogP contribution in [0.5, 0.6) is 5.75 Å². The van der Waals surface area contributed by atoms with E-state index in [0.29, 0.717) is 11.4 Å². The number of nitrogens with one attached hydrogen (secondary N) is 2. The molecule has 0 bridgehead atoms. The topological polar surface area (TPSA) is 137 Å². The molecule has 0 aromatic heterocycles. The van der Waals surface area contributed by atoms with Gasteiger partial charge in [-0.1, -0.05) is 18.2 Å². The van der Waals surface area contributed by atoms with Crippen LogP contribution in [0.3, 0.4) is 0 Å². The summed E-state index contributed by atoms with van der Waals surface area (Å²) in [5.74, 6) is -1.52. The number of esters is 1. The van der Waals surface area contributed by atoms with Crippen LogP contribution in [-0.2, 0) is 19.1 Å². The minimum absolute atomic E-state index is 0.138. The Bertz CT molecular complexity index is 990. The molecule has 0 aliphatic carbocycles. The Morgan fingerprint density at radius 3 is 2.76 bits per heavy atom. The van der Waals surface area contributed by atoms with Crippen molar-refractivity contribution in [2.45, 2.75) is 19.4 Å². The molecule has 1 aliphatic heterocycles. The number of nitrogens with zero attached hydrogens (tertiary/aromatic N) is 1. The van der Waals surface area contributed by atoms with Crippen LogP contribution in [0, 0.1) is 17.0 Å². The maximum Gasteiger partial charge on any atom is 0.310 e. The number of nitro groups is 1. The molecule has 1 atom stereocenters. The molecular formula is C19H17N3O7. The van der Waals surface area contributed by atoms with E-state index in [1.54, 1.807) is 24.3 Å². The molecule has 150 valence electrons. The number of anilines is 2. The van der Waals surface area contributed by atoms with Gasteiger partial charge < -0.3 is 20.1 Å². The van der Waals surface area contributed by atoms with Gasteiger partial charge in [-0.25, -0.2) is 0 Å². The molecule has 2 aromatic rings. The van der Waals surface area contributed by atoms with E-state index in [9.17, 15) is 24.5 Å². The van der Waals surface area contributed by atoms with Crippen LogP contribution >= 0.6 is 0 Å². The first kappa shape index (κ1) is 19.8. The largest absolute Gasteiger partial charge is 0.478 e. The van der Waals surface area contributed by atoms with Crippen molar-refractivity contribution in [3.8, 4) is 5.75 Å². The van der Waals surface area contributed by atoms with Gasteiger partial charge in [-0.15, -0.1) is 0 Å². The number of amides is 2. The molecule has 2 aromatic carbocycles. The first-order chi connectivity index (χ1) is 13.8. The summed E-state index contributed by atoms with van der Waals surface area (Å²) in [7, 11) is 0. The highest BCUT2D eigenvalue weighted by molar-refractivity contribution is 6.00. The summed E-state index contributed by atoms with van der Waals surface area (Å²) in [5, 5.41) is 16.0. The normalized spacial score (nSPS) is 14.8. The van der Waals surface area contributed by atoms with Gasteiger partial charge in [-0.3, -0.25) is 24.5 Å². The average Bonchev–Trinajstić information content (AvgIpc) is 2.68. The van der Waals surface area contributed by atoms with E-state index in [1.165, 1.54) is 25.1 Å². The number of hydrogen-bond acceptors (Lipinski definition) is 7. The zero-order valence-corrected chi connectivity index (χ0v) is 15.3. The van der Waals surface area contributed by atoms with Crippen LogP contribution < -0.4 is 15.4 Å². The number of para-hydroxylation sites is 2. The number of carbonyl (C=O) groups excluding carboxylic acids is 3. The van der Waals surface area contributed by atoms with Crippen LogP contribution in [0.1, 0.15) is 12.0 Å². The molecule has 0 unspecified atom stereocenters. The fraction of sp³-hybridized carbons (Fsp3) is 0.211. The Labute approximate surface area is 165 Å². The Morgan fingerprint density at radius 1 is 1.24 bits per heavy atom. The van der Waals surface area contributed by atoms with Crippen molar-refractivity contribution in [1.82, 2.24) is 0 Å². The third-order valence-corrected chi connectivity index (χ3v) is 4.20. The zero-order chi connectivity index (χ0) is 21.0. The second kappa shape index (κ2) is 8.38. The molecular weight excluding hydrogens is 382 g/mol. The van der Waals surface area contributed by atoms with Gasteiger partial charge >= 0.3 is 5.97 Å². The minimum Gasteiger partial charge on any atom is -0.478 e. The lowest BCUT2D eigenvalue weighted by Crippen LogP contribution is -2.39. The van der Waals surface area contributed by atoms with Crippen LogP contribution in [-0.4, -0.2) is 35.4 Å². The summed E-state index contributed by atoms with van der Waals surface area (Å²) >= 11 is 0. The molecule has 1 heterocycles. The highest BCUT2D eigenvalue weighted by Crippen LogP contribution is 2.29. The number of nitro benzene ring substituents is 1. The highest BCUT2D eigenvalue weighted by atomic mass is 16.6. The lowest BCUT2D eigenvalue weighted by molar-refractivity contribution is -0.385. The van der Waals surface area contributed by atoms with Gasteiger partial charge in [0, 0.05) is 6.07 Å². The first-order valence-corrected chi connectivity index (χ1v) is 8.61. The van der Waals surface area contributed by atoms with Crippen molar-refractivity contribution in [3.63, 3.8) is 0 Å². The lowest BCUT2D eigenvalue weighted by atomic mass is 10.1. The van der Waals surface area contributed by atoms with E-state index in [-0.39, 0.29) is 23.4 Å². The van der Waals surface area contributed by atoms with Crippen LogP contribution in [0.25, 0.3) is 0 Å². The Hall–Kier alpha value is -3.95. The summed E-state index contributed by atoms with van der Waals surface area (Å²) in [4.78, 5) is 46.4. The molecule has 0 saturated carbocycles. The van der Waals surface area contributed by atoms with Crippen LogP contribution in [0.2, 0.25) is 0 Å². The molecule has 1 aliphatic rings. The van der Waals surface area contributed by atoms with Crippen molar-refractivity contribution in [1.29, 1.82) is 0 Å². The Kier molecular flexibility index (Phi) is 5.72. The molecule has 0 fully saturated rings. The lowest BCUT2D eigenvalue weighted by Gasteiger charge is -2.25. The molecule has 29 heavy (non-hydrogen) atoms. The summed E-state index contributed by atoms with van der Waals surface area (Å²) in [6, 6.07) is 11.0. The summed E-state index contributed by atoms with van der Waals surface area (Å²) in [5.41, 5.74) is 0.893. The molecule has 10 nitrogen and oxygen atoms in total. The molecule has 0 radical (unpaired) electrons. The van der Waals surface area contributed by atoms with Gasteiger partial charge in [0.25, 0.3) is 17.5 Å². The molecule has 0 saturated heterocycles. The van der Waals surface area contributed by atoms with Crippen molar-refractivity contribution < 1.29 is 28.8 Å². The van der Waals surface area contributed by atoms with E-state index >= 15 is 0 Å². The number of ether oxygens (including phenoxy) is 2. The fourth-order valence-electron chi connectivity index (χ4n) is 2.73. The van der Waals surface area contributed by atoms with Gasteiger partial charge in [-0.05, 0) is 25.1 Å². The van der Waals surface area contributed by atoms with Gasteiger partial charge in [0.05, 0.1) is 28.3 Å². The standard InChI is InChI=1S/C19H17N3O7/c1-11-12(6-4-7-14(11)22(26)27)20-17(23)10-28-18(24)9-16-19(25)21-13-5-2-3-8-15(13)29-16/h2-8,16H,9-10H2,1H3,(H,20,23)(H,21,25)/t16-/m0/s1. The number of carbonyl (C=O) groups is 3. The van der Waals surface area contributed by atoms with Gasteiger partial charge in [0.1, 0.15) is 5.75 Å². The molecule has 2 N–H and O–H groups in total. The molecule has 2 amide bonds. The maximum absolute atomic E-state index is 12.0. The van der Waals surface area contributed by atoms with E-state index < -0.39 is 35.4 Å². The molecule has 3 rings (SSSR count). The summed E-state index contributed by atoms with van der Waals surface area (Å²) in [6.45, 7) is 0.891. The molecule has 0 spiro atoms. The van der Waals surface area contributed by atoms with Crippen molar-refractivity contribution >= 4 is 34.8 Å². The first-order valence-electron chi connectivity index (χ1n) is 8.61. The van der Waals surface area contributed by atoms with Crippen molar-refractivity contribution in [2.24, 2.45) is 0 Å². The van der Waals surface area contributed by atoms with E-state index in [2.05, 4.69) is 10.6 Å². The Balaban J connectivity index is 1.52. The van der Waals surface area contributed by atoms with Crippen molar-refractivity contribution in [3.05, 3.63) is 58.1 Å². The highest BCUT2D eigenvalue weighted by Gasteiger charge is 2.30. The Morgan fingerprint density at radius 2 is 2.00 bits per heavy atom. The molecule has 10 heteroatoms. The summed E-state index contributed by atoms with van der Waals surface area (Å²) in [6.07, 6.45) is -1.44. The number of fused-ring (bicyclic) bond motifs is 1. The second-order valence-electron chi connectivity index (χ2n) is 6.21. The monoisotopic (exact) mass is 399 g/mol. The van der Waals surface area contributed by atoms with Crippen LogP contribution in [0.4, 0.5) is 17.1 Å². The fourth-order valence-corrected chi connectivity index (χ4v) is 2.73. The third kappa shape index (κ3) is 4.67. The van der Waals surface area contributed by atoms with Crippen molar-refractivity contribution in [2.75, 3.05) is 17.2 Å². The summed E-state index contributed by atoms with van der Waals surface area (Å²) < 4.78 is 10.4. The second-order valence-corrected chi connectivity index (χ2v) is 6.21. The van der Waals surface area contributed by atoms with Crippen LogP contribution in [0.15, 0.2) is 42.5 Å². The number of rotatable bonds is 6. The van der Waals surface area contributed by atoms with Gasteiger partial charge in [-0.2, -0.15) is 0 Å². The number of benzene rings is 2. The predicted molar refractivity (Wildman–Crippen MR) is 102 cm³/mol. The van der Waals surface area contributed by atoms with Gasteiger partial charge in [0.2, 0.25) is 0 Å². The minimum atomic E-state index is -1.07. The maximum atomic E-state index is 12.0. The van der Waals surface area contributed by atoms with E-state index in [0.717, 1.165) is 0 Å².